The molecule has 0 amide bonds. The Labute approximate surface area is 170 Å². The van der Waals surface area contributed by atoms with Crippen molar-refractivity contribution in [1.29, 1.82) is 0 Å². The number of aromatic amines is 1. The number of aromatic nitrogens is 8. The van der Waals surface area contributed by atoms with Crippen molar-refractivity contribution in [1.82, 2.24) is 40.8 Å². The van der Waals surface area contributed by atoms with Crippen molar-refractivity contribution in [2.75, 3.05) is 19.8 Å². The highest BCUT2D eigenvalue weighted by atomic mass is 28.4. The Kier molecular flexibility index (Phi) is 7.52. The van der Waals surface area contributed by atoms with Gasteiger partial charge in [0.25, 0.3) is 0 Å². The summed E-state index contributed by atoms with van der Waals surface area (Å²) in [6, 6.07) is 8.44. The summed E-state index contributed by atoms with van der Waals surface area (Å²) < 4.78 is 19.5. The molecule has 0 aliphatic rings. The molecule has 0 saturated heterocycles. The first kappa shape index (κ1) is 21.2. The molecule has 0 bridgehead atoms. The lowest BCUT2D eigenvalue weighted by atomic mass is 10.1. The number of rotatable bonds is 12. The van der Waals surface area contributed by atoms with Gasteiger partial charge in [0.1, 0.15) is 0 Å². The average Bonchev–Trinajstić information content (AvgIpc) is 3.41. The molecule has 0 radical (unpaired) electrons. The third-order valence-corrected chi connectivity index (χ3v) is 7.37. The second-order valence-electron chi connectivity index (χ2n) is 6.14. The molecule has 0 aliphatic heterocycles. The fraction of sp³-hybridized carbons (Fsp3) is 0.529. The smallest absolute Gasteiger partial charge is 0.374 e. The van der Waals surface area contributed by atoms with Crippen LogP contribution >= 0.6 is 0 Å². The summed E-state index contributed by atoms with van der Waals surface area (Å²) in [5.41, 5.74) is 1.74. The van der Waals surface area contributed by atoms with Crippen LogP contribution in [0.5, 0.6) is 0 Å². The second kappa shape index (κ2) is 10.3. The van der Waals surface area contributed by atoms with Crippen LogP contribution in [0.2, 0.25) is 6.04 Å². The lowest BCUT2D eigenvalue weighted by Crippen LogP contribution is -2.46. The van der Waals surface area contributed by atoms with Gasteiger partial charge in [0.05, 0.1) is 0 Å². The zero-order valence-corrected chi connectivity index (χ0v) is 17.9. The van der Waals surface area contributed by atoms with Gasteiger partial charge in [0, 0.05) is 43.5 Å². The molecule has 0 atom stereocenters. The van der Waals surface area contributed by atoms with Crippen molar-refractivity contribution < 1.29 is 13.3 Å². The predicted octanol–water partition coefficient (Wildman–Crippen LogP) is 1.96. The number of benzene rings is 1. The summed E-state index contributed by atoms with van der Waals surface area (Å²) in [6.07, 6.45) is 0.774. The van der Waals surface area contributed by atoms with Crippen LogP contribution in [0.4, 0.5) is 0 Å². The summed E-state index contributed by atoms with van der Waals surface area (Å²) in [4.78, 5) is 0. The van der Waals surface area contributed by atoms with E-state index in [4.69, 9.17) is 13.3 Å². The summed E-state index contributed by atoms with van der Waals surface area (Å²) in [5, 5.41) is 26.1. The molecule has 1 N–H and O–H groups in total. The van der Waals surface area contributed by atoms with Gasteiger partial charge in [-0.2, -0.15) is 0 Å². The van der Waals surface area contributed by atoms with Crippen LogP contribution in [0.3, 0.4) is 0 Å². The van der Waals surface area contributed by atoms with Crippen LogP contribution in [-0.4, -0.2) is 69.5 Å². The maximum atomic E-state index is 5.91. The van der Waals surface area contributed by atoms with E-state index >= 15 is 0 Å². The normalized spacial score (nSPS) is 11.8. The van der Waals surface area contributed by atoms with Gasteiger partial charge >= 0.3 is 8.80 Å². The summed E-state index contributed by atoms with van der Waals surface area (Å²) >= 11 is 0. The molecule has 29 heavy (non-hydrogen) atoms. The molecular formula is C17H26N8O3Si. The minimum Gasteiger partial charge on any atom is -0.374 e. The van der Waals surface area contributed by atoms with Gasteiger partial charge in [-0.1, -0.05) is 18.2 Å². The summed E-state index contributed by atoms with van der Waals surface area (Å²) in [5.74, 6) is 1.27. The van der Waals surface area contributed by atoms with Crippen molar-refractivity contribution in [3.63, 3.8) is 0 Å². The first-order valence-electron chi connectivity index (χ1n) is 9.74. The van der Waals surface area contributed by atoms with Gasteiger partial charge < -0.3 is 13.3 Å². The van der Waals surface area contributed by atoms with E-state index in [9.17, 15) is 0 Å². The molecule has 0 spiro atoms. The van der Waals surface area contributed by atoms with E-state index in [1.165, 1.54) is 0 Å². The van der Waals surface area contributed by atoms with E-state index in [-0.39, 0.29) is 0 Å². The predicted molar refractivity (Wildman–Crippen MR) is 106 cm³/mol. The summed E-state index contributed by atoms with van der Waals surface area (Å²) in [6.45, 7) is 8.17. The highest BCUT2D eigenvalue weighted by Gasteiger charge is 2.39. The van der Waals surface area contributed by atoms with Gasteiger partial charge in [-0.25, -0.2) is 9.78 Å². The average molecular weight is 419 g/mol. The summed E-state index contributed by atoms with van der Waals surface area (Å²) in [7, 11) is -2.68. The number of hydrogen-bond donors (Lipinski definition) is 1. The molecule has 0 fully saturated rings. The third-order valence-electron chi connectivity index (χ3n) is 4.22. The molecule has 3 rings (SSSR count). The fourth-order valence-corrected chi connectivity index (χ4v) is 5.69. The highest BCUT2D eigenvalue weighted by Crippen LogP contribution is 2.23. The topological polar surface area (TPSA) is 126 Å². The molecule has 0 unspecified atom stereocenters. The Morgan fingerprint density at radius 3 is 2.34 bits per heavy atom. The largest absolute Gasteiger partial charge is 0.500 e. The van der Waals surface area contributed by atoms with Crippen LogP contribution in [0.1, 0.15) is 27.2 Å². The van der Waals surface area contributed by atoms with Crippen LogP contribution < -0.4 is 0 Å². The fourth-order valence-electron chi connectivity index (χ4n) is 3.10. The molecular weight excluding hydrogens is 392 g/mol. The maximum absolute atomic E-state index is 5.91. The van der Waals surface area contributed by atoms with Crippen molar-refractivity contribution in [3.05, 3.63) is 24.3 Å². The van der Waals surface area contributed by atoms with Crippen molar-refractivity contribution in [3.8, 4) is 22.8 Å². The lowest BCUT2D eigenvalue weighted by molar-refractivity contribution is 0.0704. The number of nitrogens with zero attached hydrogens (tertiary/aromatic N) is 7. The zero-order valence-electron chi connectivity index (χ0n) is 16.9. The standard InChI is InChI=1S/C17H26N8O3Si/c1-4-26-29(27-5-2,28-6-3)12-8-11-25-17(20-23-24-25)15-10-7-9-14(13-15)16-18-21-22-19-16/h7,9-10,13H,4-6,8,11-12H2,1-3H3,(H,18,19,21,22). The molecule has 156 valence electrons. The van der Waals surface area contributed by atoms with E-state index in [0.29, 0.717) is 44.1 Å². The Balaban J connectivity index is 1.71. The molecule has 2 heterocycles. The molecule has 1 aromatic carbocycles. The van der Waals surface area contributed by atoms with E-state index in [1.54, 1.807) is 4.68 Å². The van der Waals surface area contributed by atoms with Crippen molar-refractivity contribution >= 4 is 8.80 Å². The van der Waals surface area contributed by atoms with Gasteiger partial charge in [-0.05, 0) is 54.1 Å². The second-order valence-corrected chi connectivity index (χ2v) is 8.87. The number of tetrazole rings is 2. The van der Waals surface area contributed by atoms with Crippen LogP contribution in [0, 0.1) is 0 Å². The molecule has 0 saturated carbocycles. The van der Waals surface area contributed by atoms with E-state index in [0.717, 1.165) is 17.5 Å². The SMILES string of the molecule is CCO[Si](CCCn1nnnc1-c1cccc(-c2nnn[nH]2)c1)(OCC)OCC. The number of nitrogens with one attached hydrogen (secondary N) is 1. The number of aryl methyl sites for hydroxylation is 1. The van der Waals surface area contributed by atoms with Gasteiger partial charge in [0.15, 0.2) is 11.6 Å². The van der Waals surface area contributed by atoms with Crippen LogP contribution in [-0.2, 0) is 19.8 Å². The lowest BCUT2D eigenvalue weighted by Gasteiger charge is -2.28. The van der Waals surface area contributed by atoms with Gasteiger partial charge in [0.2, 0.25) is 0 Å². The maximum Gasteiger partial charge on any atom is 0.500 e. The number of H-pyrrole nitrogens is 1. The first-order valence-corrected chi connectivity index (χ1v) is 11.7. The van der Waals surface area contributed by atoms with E-state index < -0.39 is 8.80 Å². The van der Waals surface area contributed by atoms with Crippen LogP contribution in [0.15, 0.2) is 24.3 Å². The van der Waals surface area contributed by atoms with E-state index in [2.05, 4.69) is 36.1 Å². The minimum absolute atomic E-state index is 0.561. The molecule has 3 aromatic rings. The molecule has 12 heteroatoms. The Morgan fingerprint density at radius 1 is 0.966 bits per heavy atom. The quantitative estimate of drug-likeness (QED) is 0.439. The molecule has 2 aromatic heterocycles. The molecule has 0 aliphatic carbocycles. The Morgan fingerprint density at radius 2 is 1.69 bits per heavy atom. The van der Waals surface area contributed by atoms with Crippen molar-refractivity contribution in [2.24, 2.45) is 0 Å². The Bertz CT molecular complexity index is 856. The van der Waals surface area contributed by atoms with Gasteiger partial charge in [-0.15, -0.1) is 10.2 Å². The van der Waals surface area contributed by atoms with Crippen molar-refractivity contribution in [2.45, 2.75) is 39.8 Å². The molecule has 11 nitrogen and oxygen atoms in total. The zero-order chi connectivity index (χ0) is 20.5. The monoisotopic (exact) mass is 418 g/mol. The Hall–Kier alpha value is -2.54. The van der Waals surface area contributed by atoms with Crippen LogP contribution in [0.25, 0.3) is 22.8 Å². The van der Waals surface area contributed by atoms with E-state index in [1.807, 2.05) is 45.0 Å². The van der Waals surface area contributed by atoms with Gasteiger partial charge in [-0.3, -0.25) is 0 Å². The number of hydrogen-bond acceptors (Lipinski definition) is 9. The minimum atomic E-state index is -2.68. The third kappa shape index (κ3) is 5.29. The highest BCUT2D eigenvalue weighted by molar-refractivity contribution is 6.60. The first-order chi connectivity index (χ1) is 14.2.